The van der Waals surface area contributed by atoms with Crippen LogP contribution in [-0.4, -0.2) is 26.0 Å². The van der Waals surface area contributed by atoms with Crippen LogP contribution < -0.4 is 5.56 Å². The third-order valence-corrected chi connectivity index (χ3v) is 6.18. The summed E-state index contributed by atoms with van der Waals surface area (Å²) < 4.78 is 2.00. The average molecular weight is 389 g/mol. The minimum Gasteiger partial charge on any atom is -0.308 e. The summed E-state index contributed by atoms with van der Waals surface area (Å²) >= 11 is 0. The summed E-state index contributed by atoms with van der Waals surface area (Å²) in [6.45, 7) is 9.67. The molecule has 5 nitrogen and oxygen atoms in total. The molecule has 0 unspecified atom stereocenters. The molecule has 0 fully saturated rings. The SMILES string of the molecule is CC(C)(C)c1ncc2c(n1)CCN(Cc1cc3cccc4c3n(c1=O)CCC4)C2. The standard InChI is InChI=1S/C24H28N4O/c1-24(2,3)23-25-13-19-15-27(11-9-20(19)26-23)14-18-12-17-7-4-6-16-8-5-10-28(21(16)17)22(18)29/h4,6-7,12-13H,5,8-11,14-15H2,1-3H3. The number of nitrogens with zero attached hydrogens (tertiary/aromatic N) is 4. The van der Waals surface area contributed by atoms with E-state index in [1.54, 1.807) is 0 Å². The van der Waals surface area contributed by atoms with Gasteiger partial charge in [0.1, 0.15) is 5.82 Å². The molecule has 0 aliphatic carbocycles. The first-order chi connectivity index (χ1) is 13.9. The minimum absolute atomic E-state index is 0.0355. The maximum absolute atomic E-state index is 13.2. The number of pyridine rings is 1. The van der Waals surface area contributed by atoms with Crippen molar-refractivity contribution in [2.75, 3.05) is 6.54 Å². The number of aryl methyl sites for hydroxylation is 2. The van der Waals surface area contributed by atoms with E-state index in [4.69, 9.17) is 4.98 Å². The first kappa shape index (κ1) is 18.5. The van der Waals surface area contributed by atoms with Gasteiger partial charge in [-0.2, -0.15) is 0 Å². The highest BCUT2D eigenvalue weighted by Gasteiger charge is 2.24. The molecular formula is C24H28N4O. The number of para-hydroxylation sites is 1. The Morgan fingerprint density at radius 2 is 1.97 bits per heavy atom. The highest BCUT2D eigenvalue weighted by molar-refractivity contribution is 5.83. The lowest BCUT2D eigenvalue weighted by Crippen LogP contribution is -2.35. The molecule has 3 aromatic rings. The molecule has 5 rings (SSSR count). The molecule has 0 atom stereocenters. The highest BCUT2D eigenvalue weighted by atomic mass is 16.1. The van der Waals surface area contributed by atoms with Gasteiger partial charge in [0.15, 0.2) is 0 Å². The molecule has 150 valence electrons. The normalized spacial score (nSPS) is 16.8. The van der Waals surface area contributed by atoms with Gasteiger partial charge in [0.2, 0.25) is 0 Å². The van der Waals surface area contributed by atoms with Crippen molar-refractivity contribution in [3.8, 4) is 0 Å². The van der Waals surface area contributed by atoms with E-state index in [0.29, 0.717) is 6.54 Å². The maximum Gasteiger partial charge on any atom is 0.255 e. The topological polar surface area (TPSA) is 51.0 Å². The van der Waals surface area contributed by atoms with E-state index >= 15 is 0 Å². The summed E-state index contributed by atoms with van der Waals surface area (Å²) in [6.07, 6.45) is 5.00. The monoisotopic (exact) mass is 388 g/mol. The van der Waals surface area contributed by atoms with Crippen molar-refractivity contribution < 1.29 is 0 Å². The molecule has 0 spiro atoms. The Morgan fingerprint density at radius 1 is 1.10 bits per heavy atom. The smallest absolute Gasteiger partial charge is 0.255 e. The van der Waals surface area contributed by atoms with Gasteiger partial charge >= 0.3 is 0 Å². The zero-order chi connectivity index (χ0) is 20.2. The van der Waals surface area contributed by atoms with Crippen molar-refractivity contribution >= 4 is 10.9 Å². The van der Waals surface area contributed by atoms with Crippen molar-refractivity contribution in [1.82, 2.24) is 19.4 Å². The zero-order valence-corrected chi connectivity index (χ0v) is 17.5. The van der Waals surface area contributed by atoms with Crippen LogP contribution in [0.1, 0.15) is 55.4 Å². The van der Waals surface area contributed by atoms with Crippen molar-refractivity contribution in [2.24, 2.45) is 0 Å². The number of hydrogen-bond donors (Lipinski definition) is 0. The lowest BCUT2D eigenvalue weighted by molar-refractivity contribution is 0.241. The number of rotatable bonds is 2. The maximum atomic E-state index is 13.2. The van der Waals surface area contributed by atoms with Crippen LogP contribution in [-0.2, 0) is 37.9 Å². The lowest BCUT2D eigenvalue weighted by Gasteiger charge is -2.29. The summed E-state index contributed by atoms with van der Waals surface area (Å²) in [5.41, 5.74) is 5.83. The first-order valence-corrected chi connectivity index (χ1v) is 10.6. The van der Waals surface area contributed by atoms with Gasteiger partial charge in [0.25, 0.3) is 5.56 Å². The van der Waals surface area contributed by atoms with E-state index in [9.17, 15) is 4.79 Å². The van der Waals surface area contributed by atoms with Gasteiger partial charge in [-0.3, -0.25) is 9.69 Å². The van der Waals surface area contributed by atoms with Crippen LogP contribution in [0.2, 0.25) is 0 Å². The highest BCUT2D eigenvalue weighted by Crippen LogP contribution is 2.26. The van der Waals surface area contributed by atoms with Gasteiger partial charge < -0.3 is 4.57 Å². The van der Waals surface area contributed by atoms with E-state index in [1.807, 2.05) is 10.8 Å². The molecule has 4 heterocycles. The fourth-order valence-electron chi connectivity index (χ4n) is 4.65. The summed E-state index contributed by atoms with van der Waals surface area (Å²) in [5.74, 6) is 0.910. The van der Waals surface area contributed by atoms with E-state index in [-0.39, 0.29) is 11.0 Å². The molecule has 0 radical (unpaired) electrons. The summed E-state index contributed by atoms with van der Waals surface area (Å²) in [5, 5.41) is 1.19. The quantitative estimate of drug-likeness (QED) is 0.673. The van der Waals surface area contributed by atoms with E-state index in [1.165, 1.54) is 16.5 Å². The predicted octanol–water partition coefficient (Wildman–Crippen LogP) is 3.59. The molecule has 2 aliphatic heterocycles. The molecule has 29 heavy (non-hydrogen) atoms. The largest absolute Gasteiger partial charge is 0.308 e. The van der Waals surface area contributed by atoms with Crippen LogP contribution in [0.4, 0.5) is 0 Å². The third-order valence-electron chi connectivity index (χ3n) is 6.18. The fourth-order valence-corrected chi connectivity index (χ4v) is 4.65. The third kappa shape index (κ3) is 3.27. The Kier molecular flexibility index (Phi) is 4.32. The number of fused-ring (bicyclic) bond motifs is 1. The second-order valence-corrected chi connectivity index (χ2v) is 9.46. The van der Waals surface area contributed by atoms with Crippen LogP contribution in [0.25, 0.3) is 10.9 Å². The van der Waals surface area contributed by atoms with Gasteiger partial charge in [-0.25, -0.2) is 9.97 Å². The molecule has 2 aromatic heterocycles. The van der Waals surface area contributed by atoms with Gasteiger partial charge in [-0.05, 0) is 29.9 Å². The van der Waals surface area contributed by atoms with Gasteiger partial charge in [-0.1, -0.05) is 39.0 Å². The van der Waals surface area contributed by atoms with Crippen molar-refractivity contribution in [2.45, 2.75) is 65.1 Å². The molecule has 0 bridgehead atoms. The molecule has 2 aliphatic rings. The lowest BCUT2D eigenvalue weighted by atomic mass is 9.95. The van der Waals surface area contributed by atoms with Gasteiger partial charge in [0, 0.05) is 61.0 Å². The molecule has 0 amide bonds. The Bertz CT molecular complexity index is 1160. The molecular weight excluding hydrogens is 360 g/mol. The van der Waals surface area contributed by atoms with Crippen molar-refractivity contribution in [3.05, 3.63) is 69.0 Å². The molecule has 0 saturated carbocycles. The first-order valence-electron chi connectivity index (χ1n) is 10.6. The minimum atomic E-state index is -0.0355. The zero-order valence-electron chi connectivity index (χ0n) is 17.5. The summed E-state index contributed by atoms with van der Waals surface area (Å²) in [6, 6.07) is 8.52. The number of aromatic nitrogens is 3. The Balaban J connectivity index is 1.44. The van der Waals surface area contributed by atoms with Gasteiger partial charge in [0.05, 0.1) is 5.52 Å². The Morgan fingerprint density at radius 3 is 2.79 bits per heavy atom. The second kappa shape index (κ2) is 6.77. The number of hydrogen-bond acceptors (Lipinski definition) is 4. The summed E-state index contributed by atoms with van der Waals surface area (Å²) in [7, 11) is 0. The van der Waals surface area contributed by atoms with Crippen LogP contribution in [0.3, 0.4) is 0 Å². The van der Waals surface area contributed by atoms with Crippen molar-refractivity contribution in [1.29, 1.82) is 0 Å². The molecule has 1 aromatic carbocycles. The molecule has 0 N–H and O–H groups in total. The average Bonchev–Trinajstić information content (AvgIpc) is 2.70. The van der Waals surface area contributed by atoms with Crippen molar-refractivity contribution in [3.63, 3.8) is 0 Å². The molecule has 0 saturated heterocycles. The Hall–Kier alpha value is -2.53. The van der Waals surface area contributed by atoms with E-state index in [0.717, 1.165) is 61.5 Å². The van der Waals surface area contributed by atoms with Crippen LogP contribution in [0.5, 0.6) is 0 Å². The van der Waals surface area contributed by atoms with Crippen LogP contribution in [0.15, 0.2) is 35.3 Å². The molecule has 5 heteroatoms. The summed E-state index contributed by atoms with van der Waals surface area (Å²) in [4.78, 5) is 25.0. The van der Waals surface area contributed by atoms with Crippen LogP contribution in [0, 0.1) is 0 Å². The van der Waals surface area contributed by atoms with E-state index < -0.39 is 0 Å². The second-order valence-electron chi connectivity index (χ2n) is 9.46. The Labute approximate surface area is 171 Å². The van der Waals surface area contributed by atoms with Crippen LogP contribution >= 0.6 is 0 Å². The van der Waals surface area contributed by atoms with Gasteiger partial charge in [-0.15, -0.1) is 0 Å². The number of benzene rings is 1. The predicted molar refractivity (Wildman–Crippen MR) is 115 cm³/mol. The fraction of sp³-hybridized carbons (Fsp3) is 0.458. The van der Waals surface area contributed by atoms with E-state index in [2.05, 4.69) is 54.9 Å².